The molecule has 0 aliphatic heterocycles. The molecule has 0 radical (unpaired) electrons. The number of aromatic nitrogens is 2. The van der Waals surface area contributed by atoms with Gasteiger partial charge in [0.1, 0.15) is 11.4 Å². The summed E-state index contributed by atoms with van der Waals surface area (Å²) in [6.07, 6.45) is 5.70. The van der Waals surface area contributed by atoms with E-state index in [2.05, 4.69) is 0 Å². The van der Waals surface area contributed by atoms with Crippen LogP contribution in [0.25, 0.3) is 0 Å². The molecule has 0 atom stereocenters. The Bertz CT molecular complexity index is 816. The van der Waals surface area contributed by atoms with E-state index in [9.17, 15) is 19.2 Å². The van der Waals surface area contributed by atoms with Crippen LogP contribution in [-0.4, -0.2) is 27.5 Å². The van der Waals surface area contributed by atoms with E-state index < -0.39 is 29.6 Å². The number of hydrogen-bond donors (Lipinski definition) is 1. The number of anilines is 1. The number of nitrogen functional groups attached to an aromatic ring is 1. The zero-order chi connectivity index (χ0) is 20.1. The molecule has 8 nitrogen and oxygen atoms in total. The third-order valence-corrected chi connectivity index (χ3v) is 4.95. The third-order valence-electron chi connectivity index (χ3n) is 4.95. The Morgan fingerprint density at radius 3 is 2.41 bits per heavy atom. The molecule has 1 fully saturated rings. The molecule has 0 spiro atoms. The van der Waals surface area contributed by atoms with Gasteiger partial charge in [0.2, 0.25) is 5.78 Å². The molecule has 2 rings (SSSR count). The average Bonchev–Trinajstić information content (AvgIpc) is 2.62. The molecule has 150 valence electrons. The van der Waals surface area contributed by atoms with Gasteiger partial charge in [-0.1, -0.05) is 33.1 Å². The van der Waals surface area contributed by atoms with E-state index in [1.807, 2.05) is 13.8 Å². The minimum absolute atomic E-state index is 0.0961. The maximum absolute atomic E-state index is 12.5. The van der Waals surface area contributed by atoms with Crippen LogP contribution in [0.2, 0.25) is 0 Å². The van der Waals surface area contributed by atoms with Crippen molar-refractivity contribution >= 4 is 17.6 Å². The van der Waals surface area contributed by atoms with Gasteiger partial charge in [-0.2, -0.15) is 0 Å². The minimum Gasteiger partial charge on any atom is -0.457 e. The van der Waals surface area contributed by atoms with Gasteiger partial charge in [0.05, 0.1) is 0 Å². The number of ether oxygens (including phenoxy) is 1. The summed E-state index contributed by atoms with van der Waals surface area (Å²) >= 11 is 0. The summed E-state index contributed by atoms with van der Waals surface area (Å²) < 4.78 is 7.15. The third kappa shape index (κ3) is 5.08. The Morgan fingerprint density at radius 1 is 1.19 bits per heavy atom. The molecule has 0 aromatic carbocycles. The van der Waals surface area contributed by atoms with E-state index >= 15 is 0 Å². The Labute approximate surface area is 158 Å². The van der Waals surface area contributed by atoms with Crippen LogP contribution in [0.15, 0.2) is 9.59 Å². The molecule has 1 aliphatic rings. The SMILES string of the molecule is CC(C)Cn1c(N)c(C(=O)COC(=O)CC2CCCCC2)c(=O)n(C)c1=O. The lowest BCUT2D eigenvalue weighted by atomic mass is 9.87. The summed E-state index contributed by atoms with van der Waals surface area (Å²) in [6, 6.07) is 0. The quantitative estimate of drug-likeness (QED) is 0.567. The van der Waals surface area contributed by atoms with E-state index in [0.717, 1.165) is 30.3 Å². The van der Waals surface area contributed by atoms with Crippen molar-refractivity contribution in [2.75, 3.05) is 12.3 Å². The van der Waals surface area contributed by atoms with Crippen molar-refractivity contribution in [3.05, 3.63) is 26.4 Å². The maximum atomic E-state index is 12.5. The minimum atomic E-state index is -0.772. The zero-order valence-electron chi connectivity index (χ0n) is 16.3. The predicted octanol–water partition coefficient (Wildman–Crippen LogP) is 1.48. The lowest BCUT2D eigenvalue weighted by Crippen LogP contribution is -2.43. The van der Waals surface area contributed by atoms with Gasteiger partial charge in [-0.3, -0.25) is 23.5 Å². The molecule has 1 saturated carbocycles. The monoisotopic (exact) mass is 379 g/mol. The fourth-order valence-electron chi connectivity index (χ4n) is 3.49. The van der Waals surface area contributed by atoms with E-state index in [0.29, 0.717) is 5.92 Å². The van der Waals surface area contributed by atoms with Crippen LogP contribution >= 0.6 is 0 Å². The molecule has 0 bridgehead atoms. The van der Waals surface area contributed by atoms with Crippen molar-refractivity contribution in [3.8, 4) is 0 Å². The molecular weight excluding hydrogens is 350 g/mol. The van der Waals surface area contributed by atoms with Crippen LogP contribution < -0.4 is 17.0 Å². The zero-order valence-corrected chi connectivity index (χ0v) is 16.3. The normalized spacial score (nSPS) is 15.1. The molecule has 0 unspecified atom stereocenters. The molecule has 8 heteroatoms. The smallest absolute Gasteiger partial charge is 0.332 e. The second-order valence-corrected chi connectivity index (χ2v) is 7.70. The van der Waals surface area contributed by atoms with Gasteiger partial charge >= 0.3 is 11.7 Å². The summed E-state index contributed by atoms with van der Waals surface area (Å²) in [6.45, 7) is 3.52. The van der Waals surface area contributed by atoms with Crippen molar-refractivity contribution in [1.82, 2.24) is 9.13 Å². The van der Waals surface area contributed by atoms with Crippen molar-refractivity contribution in [1.29, 1.82) is 0 Å². The number of carbonyl (C=O) groups excluding carboxylic acids is 2. The second-order valence-electron chi connectivity index (χ2n) is 7.70. The van der Waals surface area contributed by atoms with E-state index in [1.165, 1.54) is 18.0 Å². The molecule has 1 aromatic heterocycles. The highest BCUT2D eigenvalue weighted by molar-refractivity contribution is 6.01. The van der Waals surface area contributed by atoms with E-state index in [4.69, 9.17) is 10.5 Å². The van der Waals surface area contributed by atoms with Crippen molar-refractivity contribution in [3.63, 3.8) is 0 Å². The molecule has 0 amide bonds. The van der Waals surface area contributed by atoms with Gasteiger partial charge < -0.3 is 10.5 Å². The topological polar surface area (TPSA) is 113 Å². The molecule has 0 saturated heterocycles. The maximum Gasteiger partial charge on any atom is 0.332 e. The van der Waals surface area contributed by atoms with Crippen molar-refractivity contribution in [2.24, 2.45) is 18.9 Å². The standard InChI is InChI=1S/C19H29N3O5/c1-12(2)10-22-17(20)16(18(25)21(3)19(22)26)14(23)11-27-15(24)9-13-7-5-4-6-8-13/h12-13H,4-11,20H2,1-3H3. The first-order chi connectivity index (χ1) is 12.7. The summed E-state index contributed by atoms with van der Waals surface area (Å²) in [5.41, 5.74) is 4.30. The molecule has 1 aliphatic carbocycles. The first-order valence-corrected chi connectivity index (χ1v) is 9.50. The lowest BCUT2D eigenvalue weighted by molar-refractivity contribution is -0.143. The summed E-state index contributed by atoms with van der Waals surface area (Å²) in [5.74, 6) is -0.917. The first kappa shape index (κ1) is 20.9. The number of carbonyl (C=O) groups is 2. The molecule has 2 N–H and O–H groups in total. The van der Waals surface area contributed by atoms with Gasteiger partial charge in [0.25, 0.3) is 5.56 Å². The second kappa shape index (κ2) is 9.01. The van der Waals surface area contributed by atoms with E-state index in [-0.39, 0.29) is 30.3 Å². The van der Waals surface area contributed by atoms with Crippen LogP contribution in [0, 0.1) is 11.8 Å². The summed E-state index contributed by atoms with van der Waals surface area (Å²) in [5, 5.41) is 0. The van der Waals surface area contributed by atoms with Crippen LogP contribution in [0.1, 0.15) is 62.7 Å². The highest BCUT2D eigenvalue weighted by atomic mass is 16.5. The predicted molar refractivity (Wildman–Crippen MR) is 102 cm³/mol. The fraction of sp³-hybridized carbons (Fsp3) is 0.684. The number of hydrogen-bond acceptors (Lipinski definition) is 6. The van der Waals surface area contributed by atoms with Crippen LogP contribution in [0.3, 0.4) is 0 Å². The molecule has 1 heterocycles. The highest BCUT2D eigenvalue weighted by Gasteiger charge is 2.24. The average molecular weight is 379 g/mol. The van der Waals surface area contributed by atoms with Crippen LogP contribution in [0.4, 0.5) is 5.82 Å². The number of ketones is 1. The van der Waals surface area contributed by atoms with Gasteiger partial charge in [-0.15, -0.1) is 0 Å². The Morgan fingerprint density at radius 2 is 1.81 bits per heavy atom. The van der Waals surface area contributed by atoms with Crippen LogP contribution in [-0.2, 0) is 23.1 Å². The van der Waals surface area contributed by atoms with Gasteiger partial charge in [-0.05, 0) is 24.7 Å². The van der Waals surface area contributed by atoms with Gasteiger partial charge in [-0.25, -0.2) is 4.79 Å². The number of nitrogens with two attached hydrogens (primary N) is 1. The number of esters is 1. The highest BCUT2D eigenvalue weighted by Crippen LogP contribution is 2.26. The Balaban J connectivity index is 2.13. The van der Waals surface area contributed by atoms with Crippen molar-refractivity contribution in [2.45, 2.75) is 58.9 Å². The number of rotatable bonds is 7. The fourth-order valence-corrected chi connectivity index (χ4v) is 3.49. The first-order valence-electron chi connectivity index (χ1n) is 9.50. The largest absolute Gasteiger partial charge is 0.457 e. The van der Waals surface area contributed by atoms with Crippen LogP contribution in [0.5, 0.6) is 0 Å². The Kier molecular flexibility index (Phi) is 6.98. The van der Waals surface area contributed by atoms with Gasteiger partial charge in [0.15, 0.2) is 6.61 Å². The Hall–Kier alpha value is -2.38. The lowest BCUT2D eigenvalue weighted by Gasteiger charge is -2.20. The number of nitrogens with zero attached hydrogens (tertiary/aromatic N) is 2. The van der Waals surface area contributed by atoms with E-state index in [1.54, 1.807) is 0 Å². The van der Waals surface area contributed by atoms with Gasteiger partial charge in [0, 0.05) is 20.0 Å². The molecular formula is C19H29N3O5. The molecule has 1 aromatic rings. The number of Topliss-reactive ketones (excluding diaryl/α,β-unsaturated/α-hetero) is 1. The molecule has 27 heavy (non-hydrogen) atoms. The summed E-state index contributed by atoms with van der Waals surface area (Å²) in [4.78, 5) is 49.1. The summed E-state index contributed by atoms with van der Waals surface area (Å²) in [7, 11) is 1.30. The van der Waals surface area contributed by atoms with Crippen molar-refractivity contribution < 1.29 is 14.3 Å².